The second kappa shape index (κ2) is 7.53. The molecule has 3 rings (SSSR count). The third-order valence-corrected chi connectivity index (χ3v) is 3.75. The summed E-state index contributed by atoms with van der Waals surface area (Å²) in [4.78, 5) is 12.3. The van der Waals surface area contributed by atoms with E-state index in [1.54, 1.807) is 20.4 Å². The lowest BCUT2D eigenvalue weighted by atomic mass is 10.1. The number of benzene rings is 2. The molecule has 0 radical (unpaired) electrons. The van der Waals surface area contributed by atoms with Crippen LogP contribution in [-0.2, 0) is 11.2 Å². The van der Waals surface area contributed by atoms with Gasteiger partial charge in [0.25, 0.3) is 0 Å². The van der Waals surface area contributed by atoms with Gasteiger partial charge in [-0.2, -0.15) is 0 Å². The van der Waals surface area contributed by atoms with E-state index in [0.29, 0.717) is 11.4 Å². The Hall–Kier alpha value is -3.28. The third kappa shape index (κ3) is 3.98. The van der Waals surface area contributed by atoms with E-state index >= 15 is 0 Å². The number of rotatable bonds is 6. The molecule has 6 heteroatoms. The molecule has 1 N–H and O–H groups in total. The molecule has 0 atom stereocenters. The maximum absolute atomic E-state index is 12.3. The van der Waals surface area contributed by atoms with Crippen LogP contribution in [0.1, 0.15) is 5.56 Å². The number of nitrogens with zero attached hydrogens (tertiary/aromatic N) is 1. The summed E-state index contributed by atoms with van der Waals surface area (Å²) in [6.45, 7) is 0. The number of aromatic nitrogens is 1. The van der Waals surface area contributed by atoms with Gasteiger partial charge >= 0.3 is 0 Å². The molecule has 0 saturated heterocycles. The van der Waals surface area contributed by atoms with Crippen molar-refractivity contribution >= 4 is 11.8 Å². The van der Waals surface area contributed by atoms with Crippen molar-refractivity contribution in [2.24, 2.45) is 0 Å². The number of hydrogen-bond acceptors (Lipinski definition) is 5. The fraction of sp³-hybridized carbons (Fsp3) is 0.158. The monoisotopic (exact) mass is 338 g/mol. The summed E-state index contributed by atoms with van der Waals surface area (Å²) in [6, 6.07) is 14.8. The van der Waals surface area contributed by atoms with Gasteiger partial charge in [0.15, 0.2) is 0 Å². The minimum atomic E-state index is -0.184. The van der Waals surface area contributed by atoms with Gasteiger partial charge in [0, 0.05) is 0 Å². The highest BCUT2D eigenvalue weighted by Crippen LogP contribution is 2.29. The lowest BCUT2D eigenvalue weighted by Crippen LogP contribution is -2.14. The molecule has 0 aliphatic rings. The van der Waals surface area contributed by atoms with Crippen molar-refractivity contribution in [2.75, 3.05) is 19.5 Å². The van der Waals surface area contributed by atoms with E-state index < -0.39 is 0 Å². The van der Waals surface area contributed by atoms with Crippen LogP contribution in [0, 0.1) is 0 Å². The van der Waals surface area contributed by atoms with Gasteiger partial charge in [0.1, 0.15) is 11.5 Å². The van der Waals surface area contributed by atoms with E-state index in [9.17, 15) is 4.79 Å². The number of hydrogen-bond donors (Lipinski definition) is 1. The Morgan fingerprint density at radius 1 is 1.00 bits per heavy atom. The Morgan fingerprint density at radius 3 is 2.20 bits per heavy atom. The Labute approximate surface area is 145 Å². The maximum Gasteiger partial charge on any atom is 0.239 e. The number of amides is 1. The van der Waals surface area contributed by atoms with Gasteiger partial charge in [-0.25, -0.2) is 0 Å². The van der Waals surface area contributed by atoms with Gasteiger partial charge in [-0.15, -0.1) is 0 Å². The zero-order valence-electron chi connectivity index (χ0n) is 14.0. The quantitative estimate of drug-likeness (QED) is 0.744. The summed E-state index contributed by atoms with van der Waals surface area (Å²) < 4.78 is 15.4. The molecule has 0 aliphatic carbocycles. The summed E-state index contributed by atoms with van der Waals surface area (Å²) >= 11 is 0. The molecule has 1 amide bonds. The molecule has 6 nitrogen and oxygen atoms in total. The second-order valence-corrected chi connectivity index (χ2v) is 5.37. The van der Waals surface area contributed by atoms with E-state index in [2.05, 4.69) is 10.5 Å². The largest absolute Gasteiger partial charge is 0.497 e. The Morgan fingerprint density at radius 2 is 1.60 bits per heavy atom. The second-order valence-electron chi connectivity index (χ2n) is 5.37. The van der Waals surface area contributed by atoms with Crippen LogP contribution in [0.3, 0.4) is 0 Å². The number of carbonyl (C=O) groups excluding carboxylic acids is 1. The lowest BCUT2D eigenvalue weighted by molar-refractivity contribution is -0.115. The highest BCUT2D eigenvalue weighted by atomic mass is 16.5. The fourth-order valence-electron chi connectivity index (χ4n) is 2.41. The van der Waals surface area contributed by atoms with Crippen molar-refractivity contribution in [3.8, 4) is 22.6 Å². The lowest BCUT2D eigenvalue weighted by Gasteiger charge is -2.06. The predicted octanol–water partition coefficient (Wildman–Crippen LogP) is 3.54. The highest BCUT2D eigenvalue weighted by molar-refractivity contribution is 5.94. The maximum atomic E-state index is 12.3. The Kier molecular flexibility index (Phi) is 4.99. The first-order valence-electron chi connectivity index (χ1n) is 7.71. The number of carbonyl (C=O) groups is 1. The van der Waals surface area contributed by atoms with E-state index in [0.717, 1.165) is 22.6 Å². The predicted molar refractivity (Wildman–Crippen MR) is 93.8 cm³/mol. The van der Waals surface area contributed by atoms with Crippen molar-refractivity contribution in [1.82, 2.24) is 5.16 Å². The van der Waals surface area contributed by atoms with Crippen LogP contribution < -0.4 is 14.8 Å². The Balaban J connectivity index is 1.70. The van der Waals surface area contributed by atoms with Crippen molar-refractivity contribution in [2.45, 2.75) is 6.42 Å². The van der Waals surface area contributed by atoms with Gasteiger partial charge in [0.05, 0.1) is 32.4 Å². The van der Waals surface area contributed by atoms with Crippen molar-refractivity contribution in [3.63, 3.8) is 0 Å². The molecule has 1 aromatic heterocycles. The van der Waals surface area contributed by atoms with Crippen LogP contribution in [0.2, 0.25) is 0 Å². The molecule has 0 bridgehead atoms. The summed E-state index contributed by atoms with van der Waals surface area (Å²) in [5, 5.41) is 6.55. The first kappa shape index (κ1) is 16.6. The van der Waals surface area contributed by atoms with Crippen LogP contribution >= 0.6 is 0 Å². The van der Waals surface area contributed by atoms with E-state index in [-0.39, 0.29) is 12.3 Å². The molecule has 128 valence electrons. The molecule has 0 spiro atoms. The van der Waals surface area contributed by atoms with E-state index in [1.165, 1.54) is 0 Å². The molecular formula is C19H18N2O4. The molecule has 2 aromatic carbocycles. The normalized spacial score (nSPS) is 10.3. The average Bonchev–Trinajstić information content (AvgIpc) is 3.10. The first-order chi connectivity index (χ1) is 12.2. The molecule has 1 heterocycles. The molecular weight excluding hydrogens is 320 g/mol. The van der Waals surface area contributed by atoms with Gasteiger partial charge in [0.2, 0.25) is 11.8 Å². The summed E-state index contributed by atoms with van der Waals surface area (Å²) in [6.07, 6.45) is 1.80. The average molecular weight is 338 g/mol. The topological polar surface area (TPSA) is 73.6 Å². The minimum absolute atomic E-state index is 0.184. The van der Waals surface area contributed by atoms with Crippen LogP contribution in [0.15, 0.2) is 59.3 Å². The van der Waals surface area contributed by atoms with Gasteiger partial charge in [-0.3, -0.25) is 10.1 Å². The molecule has 3 aromatic rings. The zero-order valence-corrected chi connectivity index (χ0v) is 14.0. The van der Waals surface area contributed by atoms with Crippen molar-refractivity contribution in [3.05, 3.63) is 60.3 Å². The van der Waals surface area contributed by atoms with Gasteiger partial charge < -0.3 is 14.0 Å². The number of nitrogens with one attached hydrogen (secondary N) is 1. The number of methoxy groups -OCH3 is 2. The van der Waals surface area contributed by atoms with Gasteiger partial charge in [-0.1, -0.05) is 29.4 Å². The molecule has 0 fully saturated rings. The summed E-state index contributed by atoms with van der Waals surface area (Å²) in [7, 11) is 3.21. The standard InChI is InChI=1S/C19H18N2O4/c1-23-15-7-3-13(4-8-15)11-18(22)21-19-17(12-20-25-19)14-5-9-16(24-2)10-6-14/h3-10,12H,11H2,1-2H3,(H,21,22). The molecule has 0 saturated carbocycles. The Bertz CT molecular complexity index is 839. The van der Waals surface area contributed by atoms with Crippen LogP contribution in [0.4, 0.5) is 5.88 Å². The highest BCUT2D eigenvalue weighted by Gasteiger charge is 2.14. The summed E-state index contributed by atoms with van der Waals surface area (Å²) in [5.41, 5.74) is 2.47. The molecule has 25 heavy (non-hydrogen) atoms. The molecule has 0 aliphatic heterocycles. The van der Waals surface area contributed by atoms with Crippen molar-refractivity contribution < 1.29 is 18.8 Å². The van der Waals surface area contributed by atoms with Crippen LogP contribution in [-0.4, -0.2) is 25.3 Å². The van der Waals surface area contributed by atoms with Crippen molar-refractivity contribution in [1.29, 1.82) is 0 Å². The van der Waals surface area contributed by atoms with Gasteiger partial charge in [-0.05, 0) is 35.4 Å². The minimum Gasteiger partial charge on any atom is -0.497 e. The van der Waals surface area contributed by atoms with Crippen LogP contribution in [0.25, 0.3) is 11.1 Å². The van der Waals surface area contributed by atoms with E-state index in [4.69, 9.17) is 14.0 Å². The van der Waals surface area contributed by atoms with Crippen LogP contribution in [0.5, 0.6) is 11.5 Å². The number of ether oxygens (including phenoxy) is 2. The molecule has 0 unspecified atom stereocenters. The smallest absolute Gasteiger partial charge is 0.239 e. The first-order valence-corrected chi connectivity index (χ1v) is 7.71. The van der Waals surface area contributed by atoms with E-state index in [1.807, 2.05) is 48.5 Å². The third-order valence-electron chi connectivity index (χ3n) is 3.75. The SMILES string of the molecule is COc1ccc(CC(=O)Nc2oncc2-c2ccc(OC)cc2)cc1. The number of anilines is 1. The zero-order chi connectivity index (χ0) is 17.6. The fourth-order valence-corrected chi connectivity index (χ4v) is 2.41. The summed E-state index contributed by atoms with van der Waals surface area (Å²) in [5.74, 6) is 1.65.